The molecule has 2 aliphatic rings. The monoisotopic (exact) mass is 231 g/mol. The Labute approximate surface area is 101 Å². The molecule has 1 aromatic rings. The van der Waals surface area contributed by atoms with Gasteiger partial charge in [0.2, 0.25) is 0 Å². The number of carboxylic acid groups (broad SMARTS) is 1. The standard InChI is InChI=1S/C14H17NO2/c16-14(17)13-8-15-7-12(13)11-3-1-2-10(6-11)9-4-5-9/h1-3,6,9,12-13,15H,4-5,7-8H2,(H,16,17). The molecule has 2 unspecified atom stereocenters. The highest BCUT2D eigenvalue weighted by Crippen LogP contribution is 2.41. The van der Waals surface area contributed by atoms with Crippen molar-refractivity contribution in [2.75, 3.05) is 13.1 Å². The molecule has 1 aliphatic carbocycles. The van der Waals surface area contributed by atoms with Crippen LogP contribution in [0.3, 0.4) is 0 Å². The second-order valence-electron chi connectivity index (χ2n) is 5.15. The summed E-state index contributed by atoms with van der Waals surface area (Å²) in [4.78, 5) is 11.2. The third kappa shape index (κ3) is 2.07. The zero-order chi connectivity index (χ0) is 11.8. The Morgan fingerprint density at radius 2 is 2.00 bits per heavy atom. The fourth-order valence-electron chi connectivity index (χ4n) is 2.75. The van der Waals surface area contributed by atoms with Gasteiger partial charge in [-0.2, -0.15) is 0 Å². The summed E-state index contributed by atoms with van der Waals surface area (Å²) in [7, 11) is 0. The van der Waals surface area contributed by atoms with Gasteiger partial charge >= 0.3 is 5.97 Å². The van der Waals surface area contributed by atoms with Crippen molar-refractivity contribution in [3.8, 4) is 0 Å². The van der Waals surface area contributed by atoms with E-state index in [1.54, 1.807) is 0 Å². The minimum atomic E-state index is -0.683. The van der Waals surface area contributed by atoms with Crippen LogP contribution >= 0.6 is 0 Å². The molecule has 1 aromatic carbocycles. The van der Waals surface area contributed by atoms with Gasteiger partial charge in [0.15, 0.2) is 0 Å². The summed E-state index contributed by atoms with van der Waals surface area (Å²) >= 11 is 0. The van der Waals surface area contributed by atoms with Crippen molar-refractivity contribution in [2.45, 2.75) is 24.7 Å². The number of hydrogen-bond acceptors (Lipinski definition) is 2. The molecule has 0 spiro atoms. The first-order chi connectivity index (χ1) is 8.25. The number of carboxylic acids is 1. The van der Waals surface area contributed by atoms with Gasteiger partial charge in [-0.3, -0.25) is 4.79 Å². The Bertz CT molecular complexity index is 440. The maximum atomic E-state index is 11.2. The van der Waals surface area contributed by atoms with Crippen LogP contribution in [-0.4, -0.2) is 24.2 Å². The van der Waals surface area contributed by atoms with E-state index in [1.165, 1.54) is 24.0 Å². The van der Waals surface area contributed by atoms with Crippen LogP contribution in [0.4, 0.5) is 0 Å². The lowest BCUT2D eigenvalue weighted by molar-refractivity contribution is -0.141. The first-order valence-corrected chi connectivity index (χ1v) is 6.29. The summed E-state index contributed by atoms with van der Waals surface area (Å²) in [6, 6.07) is 8.52. The highest BCUT2D eigenvalue weighted by atomic mass is 16.4. The van der Waals surface area contributed by atoms with Crippen molar-refractivity contribution in [1.29, 1.82) is 0 Å². The second kappa shape index (κ2) is 4.15. The van der Waals surface area contributed by atoms with Gasteiger partial charge in [-0.25, -0.2) is 0 Å². The maximum absolute atomic E-state index is 11.2. The Balaban J connectivity index is 1.87. The SMILES string of the molecule is O=C(O)C1CNCC1c1cccc(C2CC2)c1. The quantitative estimate of drug-likeness (QED) is 0.836. The topological polar surface area (TPSA) is 49.3 Å². The van der Waals surface area contributed by atoms with Crippen molar-refractivity contribution >= 4 is 5.97 Å². The first-order valence-electron chi connectivity index (χ1n) is 6.29. The molecule has 2 N–H and O–H groups in total. The summed E-state index contributed by atoms with van der Waals surface area (Å²) in [5, 5.41) is 12.4. The molecule has 1 saturated carbocycles. The summed E-state index contributed by atoms with van der Waals surface area (Å²) in [5.41, 5.74) is 2.57. The van der Waals surface area contributed by atoms with E-state index < -0.39 is 5.97 Å². The van der Waals surface area contributed by atoms with Crippen LogP contribution in [0.2, 0.25) is 0 Å². The molecule has 0 radical (unpaired) electrons. The van der Waals surface area contributed by atoms with Gasteiger partial charge in [0.05, 0.1) is 5.92 Å². The summed E-state index contributed by atoms with van der Waals surface area (Å²) in [6.45, 7) is 1.37. The number of hydrogen-bond donors (Lipinski definition) is 2. The molecule has 1 heterocycles. The van der Waals surface area contributed by atoms with E-state index in [9.17, 15) is 9.90 Å². The van der Waals surface area contributed by atoms with Gasteiger partial charge in [-0.15, -0.1) is 0 Å². The Morgan fingerprint density at radius 1 is 1.24 bits per heavy atom. The fourth-order valence-corrected chi connectivity index (χ4v) is 2.75. The van der Waals surface area contributed by atoms with Crippen LogP contribution in [0, 0.1) is 5.92 Å². The fraction of sp³-hybridized carbons (Fsp3) is 0.500. The van der Waals surface area contributed by atoms with Crippen molar-refractivity contribution < 1.29 is 9.90 Å². The van der Waals surface area contributed by atoms with Crippen LogP contribution < -0.4 is 5.32 Å². The van der Waals surface area contributed by atoms with E-state index in [0.29, 0.717) is 6.54 Å². The molecule has 0 aromatic heterocycles. The summed E-state index contributed by atoms with van der Waals surface area (Å²) in [5.74, 6) is -0.0972. The van der Waals surface area contributed by atoms with Gasteiger partial charge < -0.3 is 10.4 Å². The van der Waals surface area contributed by atoms with Crippen LogP contribution in [0.25, 0.3) is 0 Å². The van der Waals surface area contributed by atoms with Crippen molar-refractivity contribution in [2.24, 2.45) is 5.92 Å². The first kappa shape index (κ1) is 10.8. The van der Waals surface area contributed by atoms with E-state index in [1.807, 2.05) is 0 Å². The zero-order valence-electron chi connectivity index (χ0n) is 9.73. The van der Waals surface area contributed by atoms with Gasteiger partial charge in [-0.05, 0) is 29.9 Å². The van der Waals surface area contributed by atoms with E-state index in [0.717, 1.165) is 12.5 Å². The highest BCUT2D eigenvalue weighted by molar-refractivity contribution is 5.72. The van der Waals surface area contributed by atoms with Gasteiger partial charge in [0.1, 0.15) is 0 Å². The van der Waals surface area contributed by atoms with E-state index in [-0.39, 0.29) is 11.8 Å². The minimum Gasteiger partial charge on any atom is -0.481 e. The number of nitrogens with one attached hydrogen (secondary N) is 1. The minimum absolute atomic E-state index is 0.131. The second-order valence-corrected chi connectivity index (χ2v) is 5.15. The number of carbonyl (C=O) groups is 1. The third-order valence-electron chi connectivity index (χ3n) is 3.92. The van der Waals surface area contributed by atoms with Gasteiger partial charge in [0.25, 0.3) is 0 Å². The van der Waals surface area contributed by atoms with Crippen molar-refractivity contribution in [3.63, 3.8) is 0 Å². The predicted molar refractivity (Wildman–Crippen MR) is 65.2 cm³/mol. The molecular weight excluding hydrogens is 214 g/mol. The van der Waals surface area contributed by atoms with Gasteiger partial charge in [0, 0.05) is 19.0 Å². The van der Waals surface area contributed by atoms with Crippen molar-refractivity contribution in [1.82, 2.24) is 5.32 Å². The molecule has 3 rings (SSSR count). The van der Waals surface area contributed by atoms with Crippen LogP contribution in [0.5, 0.6) is 0 Å². The van der Waals surface area contributed by atoms with Crippen molar-refractivity contribution in [3.05, 3.63) is 35.4 Å². The average molecular weight is 231 g/mol. The molecule has 0 bridgehead atoms. The van der Waals surface area contributed by atoms with Gasteiger partial charge in [-0.1, -0.05) is 24.3 Å². The normalized spacial score (nSPS) is 28.2. The van der Waals surface area contributed by atoms with E-state index in [2.05, 4.69) is 29.6 Å². The molecule has 3 heteroatoms. The Hall–Kier alpha value is -1.35. The highest BCUT2D eigenvalue weighted by Gasteiger charge is 2.34. The largest absolute Gasteiger partial charge is 0.481 e. The van der Waals surface area contributed by atoms with E-state index in [4.69, 9.17) is 0 Å². The molecule has 1 saturated heterocycles. The summed E-state index contributed by atoms with van der Waals surface area (Å²) in [6.07, 6.45) is 2.57. The molecular formula is C14H17NO2. The number of rotatable bonds is 3. The molecule has 17 heavy (non-hydrogen) atoms. The predicted octanol–water partition coefficient (Wildman–Crippen LogP) is 1.95. The van der Waals surface area contributed by atoms with Crippen LogP contribution in [-0.2, 0) is 4.79 Å². The number of aliphatic carboxylic acids is 1. The Kier molecular flexibility index (Phi) is 2.63. The smallest absolute Gasteiger partial charge is 0.308 e. The molecule has 1 aliphatic heterocycles. The molecule has 3 nitrogen and oxygen atoms in total. The molecule has 2 atom stereocenters. The van der Waals surface area contributed by atoms with Crippen LogP contribution in [0.15, 0.2) is 24.3 Å². The third-order valence-corrected chi connectivity index (χ3v) is 3.92. The van der Waals surface area contributed by atoms with Crippen LogP contribution in [0.1, 0.15) is 35.8 Å². The zero-order valence-corrected chi connectivity index (χ0v) is 9.73. The molecule has 0 amide bonds. The lowest BCUT2D eigenvalue weighted by Crippen LogP contribution is -2.21. The van der Waals surface area contributed by atoms with E-state index >= 15 is 0 Å². The lowest BCUT2D eigenvalue weighted by atomic mass is 9.88. The number of benzene rings is 1. The summed E-state index contributed by atoms with van der Waals surface area (Å²) < 4.78 is 0. The lowest BCUT2D eigenvalue weighted by Gasteiger charge is -2.15. The Morgan fingerprint density at radius 3 is 2.71 bits per heavy atom. The maximum Gasteiger partial charge on any atom is 0.308 e. The average Bonchev–Trinajstić information content (AvgIpc) is 3.06. The molecule has 90 valence electrons. The molecule has 2 fully saturated rings.